The lowest BCUT2D eigenvalue weighted by Crippen LogP contribution is -2.17. The Morgan fingerprint density at radius 1 is 1.07 bits per heavy atom. The van der Waals surface area contributed by atoms with Crippen LogP contribution in [0.15, 0.2) is 53.7 Å². The number of H-pyrrole nitrogens is 1. The maximum Gasteiger partial charge on any atom is 0.237 e. The zero-order valence-corrected chi connectivity index (χ0v) is 15.2. The first kappa shape index (κ1) is 15.9. The predicted molar refractivity (Wildman–Crippen MR) is 105 cm³/mol. The Morgan fingerprint density at radius 3 is 2.56 bits per heavy atom. The molecule has 2 aromatic carbocycles. The fourth-order valence-corrected chi connectivity index (χ4v) is 3.84. The number of hydrogen-bond acceptors (Lipinski definition) is 5. The number of carbonyl (C=O) groups excluding carboxylic acids is 1. The van der Waals surface area contributed by atoms with Gasteiger partial charge in [0.1, 0.15) is 0 Å². The predicted octanol–water partition coefficient (Wildman–Crippen LogP) is 2.83. The molecule has 0 saturated heterocycles. The standard InChI is InChI=1S/C18H15N7OS/c1-24-13-8-4-2-6-11(13)19-16(24)21-15(26)10-27-18-23-22-17-20-12-7-3-5-9-14(12)25(17)18/h2-9H,10H2,1H3,(H,20,22)(H,19,21,26). The van der Waals surface area contributed by atoms with E-state index in [2.05, 4.69) is 25.5 Å². The third-order valence-corrected chi connectivity index (χ3v) is 5.31. The molecule has 2 N–H and O–H groups in total. The van der Waals surface area contributed by atoms with Gasteiger partial charge in [-0.3, -0.25) is 14.5 Å². The van der Waals surface area contributed by atoms with Crippen LogP contribution in [0.3, 0.4) is 0 Å². The van der Waals surface area contributed by atoms with Crippen LogP contribution in [0.1, 0.15) is 0 Å². The van der Waals surface area contributed by atoms with E-state index in [1.807, 2.05) is 64.5 Å². The van der Waals surface area contributed by atoms with E-state index in [1.165, 1.54) is 11.8 Å². The summed E-state index contributed by atoms with van der Waals surface area (Å²) in [6.07, 6.45) is 0. The van der Waals surface area contributed by atoms with Gasteiger partial charge in [-0.2, -0.15) is 0 Å². The number of aryl methyl sites for hydroxylation is 1. The van der Waals surface area contributed by atoms with Gasteiger partial charge >= 0.3 is 0 Å². The van der Waals surface area contributed by atoms with Gasteiger partial charge in [0, 0.05) is 7.05 Å². The van der Waals surface area contributed by atoms with Crippen LogP contribution in [-0.4, -0.2) is 40.8 Å². The van der Waals surface area contributed by atoms with Crippen LogP contribution < -0.4 is 5.32 Å². The molecule has 134 valence electrons. The van der Waals surface area contributed by atoms with Crippen LogP contribution in [0.4, 0.5) is 5.95 Å². The molecule has 8 nitrogen and oxygen atoms in total. The van der Waals surface area contributed by atoms with Crippen LogP contribution in [-0.2, 0) is 11.8 Å². The fraction of sp³-hybridized carbons (Fsp3) is 0.111. The summed E-state index contributed by atoms with van der Waals surface area (Å²) in [4.78, 5) is 21.4. The summed E-state index contributed by atoms with van der Waals surface area (Å²) in [7, 11) is 1.88. The monoisotopic (exact) mass is 377 g/mol. The smallest absolute Gasteiger partial charge is 0.237 e. The summed E-state index contributed by atoms with van der Waals surface area (Å²) in [6.45, 7) is 0. The highest BCUT2D eigenvalue weighted by Crippen LogP contribution is 2.23. The van der Waals surface area contributed by atoms with E-state index < -0.39 is 0 Å². The van der Waals surface area contributed by atoms with Crippen LogP contribution in [0.2, 0.25) is 0 Å². The highest BCUT2D eigenvalue weighted by atomic mass is 32.2. The number of hydrogen-bond donors (Lipinski definition) is 2. The van der Waals surface area contributed by atoms with E-state index in [1.54, 1.807) is 0 Å². The van der Waals surface area contributed by atoms with Gasteiger partial charge in [-0.25, -0.2) is 15.1 Å². The molecule has 0 aliphatic carbocycles. The molecular weight excluding hydrogens is 362 g/mol. The largest absolute Gasteiger partial charge is 0.313 e. The number of nitrogens with zero attached hydrogens (tertiary/aromatic N) is 5. The van der Waals surface area contributed by atoms with Crippen LogP contribution in [0, 0.1) is 0 Å². The number of rotatable bonds is 4. The van der Waals surface area contributed by atoms with Gasteiger partial charge in [0.05, 0.1) is 27.8 Å². The molecule has 0 bridgehead atoms. The van der Waals surface area contributed by atoms with Crippen molar-refractivity contribution in [3.05, 3.63) is 48.5 Å². The first-order valence-electron chi connectivity index (χ1n) is 8.36. The van der Waals surface area contributed by atoms with E-state index in [0.29, 0.717) is 16.9 Å². The maximum absolute atomic E-state index is 12.4. The van der Waals surface area contributed by atoms with Gasteiger partial charge in [0.15, 0.2) is 5.16 Å². The minimum atomic E-state index is -0.140. The summed E-state index contributed by atoms with van der Waals surface area (Å²) in [5, 5.41) is 10.7. The maximum atomic E-state index is 12.4. The highest BCUT2D eigenvalue weighted by Gasteiger charge is 2.15. The normalized spacial score (nSPS) is 11.6. The Bertz CT molecular complexity index is 1300. The molecule has 0 saturated carbocycles. The molecule has 0 aliphatic heterocycles. The topological polar surface area (TPSA) is 92.9 Å². The van der Waals surface area contributed by atoms with Crippen molar-refractivity contribution in [2.45, 2.75) is 5.16 Å². The van der Waals surface area contributed by atoms with Gasteiger partial charge in [-0.05, 0) is 24.3 Å². The van der Waals surface area contributed by atoms with E-state index in [0.717, 1.165) is 22.1 Å². The average Bonchev–Trinajstić information content (AvgIpc) is 3.33. The SMILES string of the molecule is Cn1c(NC(=O)CSc2n[nH]c3nc4ccccc4n23)nc2ccccc21. The van der Waals surface area contributed by atoms with E-state index in [9.17, 15) is 4.79 Å². The summed E-state index contributed by atoms with van der Waals surface area (Å²) < 4.78 is 3.79. The van der Waals surface area contributed by atoms with Crippen LogP contribution in [0.5, 0.6) is 0 Å². The van der Waals surface area contributed by atoms with Crippen molar-refractivity contribution >= 4 is 51.5 Å². The molecule has 0 atom stereocenters. The lowest BCUT2D eigenvalue weighted by molar-refractivity contribution is -0.113. The second-order valence-corrected chi connectivity index (χ2v) is 7.03. The third-order valence-electron chi connectivity index (χ3n) is 4.37. The molecule has 0 fully saturated rings. The summed E-state index contributed by atoms with van der Waals surface area (Å²) in [6, 6.07) is 15.6. The number of fused-ring (bicyclic) bond motifs is 4. The average molecular weight is 377 g/mol. The van der Waals surface area contributed by atoms with Gasteiger partial charge in [-0.15, -0.1) is 5.10 Å². The Balaban J connectivity index is 1.36. The van der Waals surface area contributed by atoms with Crippen molar-refractivity contribution in [3.8, 4) is 0 Å². The number of aromatic amines is 1. The Hall–Kier alpha value is -3.33. The number of aromatic nitrogens is 6. The van der Waals surface area contributed by atoms with E-state index in [-0.39, 0.29) is 11.7 Å². The van der Waals surface area contributed by atoms with Crippen molar-refractivity contribution in [1.29, 1.82) is 0 Å². The quantitative estimate of drug-likeness (QED) is 0.470. The Labute approximate surface area is 157 Å². The zero-order chi connectivity index (χ0) is 18.4. The van der Waals surface area contributed by atoms with Gasteiger partial charge in [-0.1, -0.05) is 36.0 Å². The molecule has 0 spiro atoms. The molecule has 0 unspecified atom stereocenters. The lowest BCUT2D eigenvalue weighted by atomic mass is 10.3. The van der Waals surface area contributed by atoms with Crippen LogP contribution >= 0.6 is 11.8 Å². The minimum Gasteiger partial charge on any atom is -0.313 e. The van der Waals surface area contributed by atoms with E-state index >= 15 is 0 Å². The number of anilines is 1. The number of nitrogens with one attached hydrogen (secondary N) is 2. The molecule has 1 amide bonds. The van der Waals surface area contributed by atoms with Gasteiger partial charge < -0.3 is 4.57 Å². The number of amides is 1. The Morgan fingerprint density at radius 2 is 1.78 bits per heavy atom. The Kier molecular flexibility index (Phi) is 3.61. The number of benzene rings is 2. The first-order valence-corrected chi connectivity index (χ1v) is 9.35. The van der Waals surface area contributed by atoms with E-state index in [4.69, 9.17) is 0 Å². The van der Waals surface area contributed by atoms with Crippen molar-refractivity contribution in [3.63, 3.8) is 0 Å². The molecule has 0 aliphatic rings. The van der Waals surface area contributed by atoms with Crippen molar-refractivity contribution in [2.75, 3.05) is 11.1 Å². The first-order chi connectivity index (χ1) is 13.2. The zero-order valence-electron chi connectivity index (χ0n) is 14.4. The van der Waals surface area contributed by atoms with Crippen molar-refractivity contribution in [1.82, 2.24) is 29.1 Å². The second kappa shape index (κ2) is 6.13. The molecular formula is C18H15N7OS. The van der Waals surface area contributed by atoms with Gasteiger partial charge in [0.2, 0.25) is 17.6 Å². The van der Waals surface area contributed by atoms with Gasteiger partial charge in [0.25, 0.3) is 0 Å². The molecule has 5 rings (SSSR count). The molecule has 9 heteroatoms. The fourth-order valence-electron chi connectivity index (χ4n) is 3.09. The summed E-state index contributed by atoms with van der Waals surface area (Å²) in [5.74, 6) is 1.27. The summed E-state index contributed by atoms with van der Waals surface area (Å²) in [5.41, 5.74) is 3.66. The third kappa shape index (κ3) is 2.63. The lowest BCUT2D eigenvalue weighted by Gasteiger charge is -2.04. The van der Waals surface area contributed by atoms with Crippen molar-refractivity contribution < 1.29 is 4.79 Å². The highest BCUT2D eigenvalue weighted by molar-refractivity contribution is 7.99. The van der Waals surface area contributed by atoms with Crippen LogP contribution in [0.25, 0.3) is 27.8 Å². The number of carbonyl (C=O) groups is 1. The molecule has 3 heterocycles. The molecule has 27 heavy (non-hydrogen) atoms. The minimum absolute atomic E-state index is 0.140. The number of para-hydroxylation sites is 4. The molecule has 3 aromatic heterocycles. The number of imidazole rings is 2. The van der Waals surface area contributed by atoms with Crippen molar-refractivity contribution in [2.24, 2.45) is 7.05 Å². The second-order valence-electron chi connectivity index (χ2n) is 6.09. The molecule has 5 aromatic rings. The summed E-state index contributed by atoms with van der Waals surface area (Å²) >= 11 is 1.35. The number of thioether (sulfide) groups is 1. The molecule has 0 radical (unpaired) electrons.